The Balaban J connectivity index is 1.82. The topological polar surface area (TPSA) is 58.2 Å². The second-order valence-electron chi connectivity index (χ2n) is 5.53. The van der Waals surface area contributed by atoms with Gasteiger partial charge in [0.15, 0.2) is 0 Å². The van der Waals surface area contributed by atoms with Gasteiger partial charge in [-0.2, -0.15) is 0 Å². The number of hydrogen-bond acceptors (Lipinski definition) is 3. The van der Waals surface area contributed by atoms with E-state index in [2.05, 4.69) is 23.8 Å². The Kier molecular flexibility index (Phi) is 4.96. The van der Waals surface area contributed by atoms with E-state index < -0.39 is 0 Å². The number of aromatic amines is 1. The van der Waals surface area contributed by atoms with Gasteiger partial charge in [0.05, 0.1) is 25.2 Å². The van der Waals surface area contributed by atoms with Crippen LogP contribution in [0.2, 0.25) is 0 Å². The molecule has 0 bridgehead atoms. The van der Waals surface area contributed by atoms with Gasteiger partial charge in [0.25, 0.3) is 5.91 Å². The Morgan fingerprint density at radius 1 is 1.63 bits per heavy atom. The highest BCUT2D eigenvalue weighted by Crippen LogP contribution is 2.15. The Hall–Kier alpha value is -1.36. The van der Waals surface area contributed by atoms with Gasteiger partial charge in [-0.1, -0.05) is 26.7 Å². The third-order valence-electron chi connectivity index (χ3n) is 3.46. The minimum absolute atomic E-state index is 0.0228. The van der Waals surface area contributed by atoms with Gasteiger partial charge in [0.1, 0.15) is 5.69 Å². The smallest absolute Gasteiger partial charge is 0.272 e. The molecule has 0 radical (unpaired) electrons. The number of amides is 1. The van der Waals surface area contributed by atoms with E-state index in [1.807, 2.05) is 4.90 Å². The minimum atomic E-state index is 0.0228. The van der Waals surface area contributed by atoms with Crippen molar-refractivity contribution in [1.82, 2.24) is 14.9 Å². The summed E-state index contributed by atoms with van der Waals surface area (Å²) in [5, 5.41) is 0. The third kappa shape index (κ3) is 4.06. The Labute approximate surface area is 114 Å². The number of hydrogen-bond donors (Lipinski definition) is 1. The average Bonchev–Trinajstić information content (AvgIpc) is 2.91. The van der Waals surface area contributed by atoms with Crippen molar-refractivity contribution >= 4 is 5.91 Å². The van der Waals surface area contributed by atoms with E-state index in [0.29, 0.717) is 25.4 Å². The summed E-state index contributed by atoms with van der Waals surface area (Å²) in [6.07, 6.45) is 6.70. The van der Waals surface area contributed by atoms with Gasteiger partial charge in [-0.3, -0.25) is 4.79 Å². The molecule has 1 aliphatic heterocycles. The van der Waals surface area contributed by atoms with Gasteiger partial charge in [-0.05, 0) is 12.3 Å². The molecular formula is C14H23N3O2. The maximum atomic E-state index is 12.2. The standard InChI is InChI=1S/C14H23N3O2/c1-11(2)4-3-5-12-9-17(6-7-19-12)14(18)13-8-15-10-16-13/h8,10-12H,3-7,9H2,1-2H3,(H,15,16)/t12-/m0/s1. The average molecular weight is 265 g/mol. The first kappa shape index (κ1) is 14.1. The summed E-state index contributed by atoms with van der Waals surface area (Å²) in [5.74, 6) is 0.751. The molecule has 5 heteroatoms. The molecule has 1 amide bonds. The Morgan fingerprint density at radius 3 is 3.16 bits per heavy atom. The first-order chi connectivity index (χ1) is 9.16. The predicted octanol–water partition coefficient (Wildman–Crippen LogP) is 2.08. The molecule has 0 saturated carbocycles. The van der Waals surface area contributed by atoms with E-state index in [1.54, 1.807) is 6.20 Å². The predicted molar refractivity (Wildman–Crippen MR) is 72.9 cm³/mol. The number of carbonyl (C=O) groups is 1. The molecule has 106 valence electrons. The highest BCUT2D eigenvalue weighted by atomic mass is 16.5. The molecule has 0 unspecified atom stereocenters. The van der Waals surface area contributed by atoms with Gasteiger partial charge < -0.3 is 14.6 Å². The van der Waals surface area contributed by atoms with E-state index in [4.69, 9.17) is 4.74 Å². The van der Waals surface area contributed by atoms with Crippen molar-refractivity contribution < 1.29 is 9.53 Å². The minimum Gasteiger partial charge on any atom is -0.375 e. The normalized spacial score (nSPS) is 19.9. The lowest BCUT2D eigenvalue weighted by Crippen LogP contribution is -2.45. The molecule has 1 fully saturated rings. The first-order valence-electron chi connectivity index (χ1n) is 7.06. The quantitative estimate of drug-likeness (QED) is 0.886. The molecule has 1 atom stereocenters. The van der Waals surface area contributed by atoms with E-state index in [0.717, 1.165) is 18.8 Å². The number of imidazole rings is 1. The van der Waals surface area contributed by atoms with Gasteiger partial charge in [0.2, 0.25) is 0 Å². The number of nitrogens with zero attached hydrogens (tertiary/aromatic N) is 2. The molecular weight excluding hydrogens is 242 g/mol. The van der Waals surface area contributed by atoms with E-state index in [1.165, 1.54) is 12.7 Å². The maximum absolute atomic E-state index is 12.2. The van der Waals surface area contributed by atoms with Crippen LogP contribution in [0.5, 0.6) is 0 Å². The molecule has 1 aromatic heterocycles. The van der Waals surface area contributed by atoms with Crippen LogP contribution in [0.25, 0.3) is 0 Å². The number of H-pyrrole nitrogens is 1. The first-order valence-corrected chi connectivity index (χ1v) is 7.06. The summed E-state index contributed by atoms with van der Waals surface area (Å²) < 4.78 is 5.74. The van der Waals surface area contributed by atoms with Crippen LogP contribution in [-0.4, -0.2) is 46.6 Å². The molecule has 0 spiro atoms. The van der Waals surface area contributed by atoms with Crippen molar-refractivity contribution in [1.29, 1.82) is 0 Å². The van der Waals surface area contributed by atoms with Crippen LogP contribution in [0.4, 0.5) is 0 Å². The van der Waals surface area contributed by atoms with Crippen molar-refractivity contribution in [2.75, 3.05) is 19.7 Å². The number of morpholine rings is 1. The molecule has 19 heavy (non-hydrogen) atoms. The van der Waals surface area contributed by atoms with Crippen LogP contribution >= 0.6 is 0 Å². The fourth-order valence-electron chi connectivity index (χ4n) is 2.38. The van der Waals surface area contributed by atoms with Gasteiger partial charge in [0, 0.05) is 13.1 Å². The van der Waals surface area contributed by atoms with Crippen molar-refractivity contribution in [2.45, 2.75) is 39.2 Å². The van der Waals surface area contributed by atoms with Crippen LogP contribution < -0.4 is 0 Å². The van der Waals surface area contributed by atoms with Crippen molar-refractivity contribution in [3.05, 3.63) is 18.2 Å². The number of carbonyl (C=O) groups excluding carboxylic acids is 1. The van der Waals surface area contributed by atoms with Crippen LogP contribution in [-0.2, 0) is 4.74 Å². The van der Waals surface area contributed by atoms with Gasteiger partial charge >= 0.3 is 0 Å². The van der Waals surface area contributed by atoms with Crippen LogP contribution in [0.15, 0.2) is 12.5 Å². The van der Waals surface area contributed by atoms with E-state index in [-0.39, 0.29) is 12.0 Å². The second-order valence-corrected chi connectivity index (χ2v) is 5.53. The maximum Gasteiger partial charge on any atom is 0.272 e. The summed E-state index contributed by atoms with van der Waals surface area (Å²) in [5.41, 5.74) is 0.558. The zero-order valence-corrected chi connectivity index (χ0v) is 11.8. The number of rotatable bonds is 5. The molecule has 1 aliphatic rings. The summed E-state index contributed by atoms with van der Waals surface area (Å²) in [6.45, 7) is 6.45. The number of aromatic nitrogens is 2. The van der Waals surface area contributed by atoms with Crippen LogP contribution in [0.3, 0.4) is 0 Å². The summed E-state index contributed by atoms with van der Waals surface area (Å²) in [4.78, 5) is 20.8. The molecule has 1 aromatic rings. The number of ether oxygens (including phenoxy) is 1. The molecule has 1 N–H and O–H groups in total. The summed E-state index contributed by atoms with van der Waals surface area (Å²) in [6, 6.07) is 0. The van der Waals surface area contributed by atoms with Crippen LogP contribution in [0, 0.1) is 5.92 Å². The van der Waals surface area contributed by atoms with Crippen molar-refractivity contribution in [3.63, 3.8) is 0 Å². The zero-order chi connectivity index (χ0) is 13.7. The SMILES string of the molecule is CC(C)CCC[C@H]1CN(C(=O)c2cnc[nH]2)CCO1. The molecule has 1 saturated heterocycles. The van der Waals surface area contributed by atoms with Gasteiger partial charge in [-0.25, -0.2) is 4.98 Å². The fourth-order valence-corrected chi connectivity index (χ4v) is 2.38. The fraction of sp³-hybridized carbons (Fsp3) is 0.714. The van der Waals surface area contributed by atoms with Crippen molar-refractivity contribution in [2.24, 2.45) is 5.92 Å². The largest absolute Gasteiger partial charge is 0.375 e. The zero-order valence-electron chi connectivity index (χ0n) is 11.8. The van der Waals surface area contributed by atoms with Crippen molar-refractivity contribution in [3.8, 4) is 0 Å². The van der Waals surface area contributed by atoms with E-state index >= 15 is 0 Å². The molecule has 2 rings (SSSR count). The van der Waals surface area contributed by atoms with Crippen LogP contribution in [0.1, 0.15) is 43.6 Å². The van der Waals surface area contributed by atoms with E-state index in [9.17, 15) is 4.79 Å². The Bertz CT molecular complexity index is 389. The lowest BCUT2D eigenvalue weighted by molar-refractivity contribution is -0.0261. The highest BCUT2D eigenvalue weighted by molar-refractivity contribution is 5.92. The Morgan fingerprint density at radius 2 is 2.47 bits per heavy atom. The second kappa shape index (κ2) is 6.70. The monoisotopic (exact) mass is 265 g/mol. The number of nitrogens with one attached hydrogen (secondary N) is 1. The lowest BCUT2D eigenvalue weighted by atomic mass is 10.0. The molecule has 2 heterocycles. The summed E-state index contributed by atoms with van der Waals surface area (Å²) >= 11 is 0. The van der Waals surface area contributed by atoms with Gasteiger partial charge in [-0.15, -0.1) is 0 Å². The molecule has 5 nitrogen and oxygen atoms in total. The molecule has 0 aromatic carbocycles. The molecule has 0 aliphatic carbocycles. The third-order valence-corrected chi connectivity index (χ3v) is 3.46. The highest BCUT2D eigenvalue weighted by Gasteiger charge is 2.25. The summed E-state index contributed by atoms with van der Waals surface area (Å²) in [7, 11) is 0. The lowest BCUT2D eigenvalue weighted by Gasteiger charge is -2.32.